The molecule has 0 unspecified atom stereocenters. The van der Waals surface area contributed by atoms with Crippen LogP contribution in [0.1, 0.15) is 11.1 Å². The minimum atomic E-state index is -0.468. The van der Waals surface area contributed by atoms with Gasteiger partial charge in [-0.3, -0.25) is 10.1 Å². The second-order valence-corrected chi connectivity index (χ2v) is 4.43. The molecular formula is C16H14N2O3. The number of nitro groups is 1. The van der Waals surface area contributed by atoms with Crippen molar-refractivity contribution in [2.75, 3.05) is 7.05 Å². The van der Waals surface area contributed by atoms with Crippen LogP contribution >= 0.6 is 0 Å². The molecule has 0 spiro atoms. The van der Waals surface area contributed by atoms with Gasteiger partial charge in [0.05, 0.1) is 4.92 Å². The molecule has 2 aromatic carbocycles. The summed E-state index contributed by atoms with van der Waals surface area (Å²) in [5.41, 5.74) is 2.04. The third-order valence-corrected chi connectivity index (χ3v) is 2.95. The van der Waals surface area contributed by atoms with E-state index in [-0.39, 0.29) is 5.69 Å². The average Bonchev–Trinajstić information content (AvgIpc) is 2.48. The van der Waals surface area contributed by atoms with Gasteiger partial charge in [0.2, 0.25) is 5.71 Å². The van der Waals surface area contributed by atoms with Gasteiger partial charge in [0, 0.05) is 23.8 Å². The molecule has 0 aliphatic heterocycles. The van der Waals surface area contributed by atoms with E-state index in [4.69, 9.17) is 0 Å². The van der Waals surface area contributed by atoms with Crippen LogP contribution in [0.15, 0.2) is 60.7 Å². The Morgan fingerprint density at radius 1 is 1.00 bits per heavy atom. The lowest BCUT2D eigenvalue weighted by Crippen LogP contribution is -2.10. The number of hydrogen-bond acceptors (Lipinski definition) is 3. The maximum Gasteiger partial charge on any atom is 0.269 e. The lowest BCUT2D eigenvalue weighted by molar-refractivity contribution is -0.421. The fourth-order valence-corrected chi connectivity index (χ4v) is 1.88. The Balaban J connectivity index is 2.30. The standard InChI is InChI=1S/C16H14N2O3/c1-17(19)16(12-7-13-5-3-2-4-6-13)14-8-10-15(11-9-14)18(20)21/h2-12H,1H3/b12-7+,17-16+. The molecule has 2 aromatic rings. The largest absolute Gasteiger partial charge is 0.624 e. The molecule has 0 fully saturated rings. The van der Waals surface area contributed by atoms with Crippen molar-refractivity contribution in [3.63, 3.8) is 0 Å². The van der Waals surface area contributed by atoms with Crippen LogP contribution < -0.4 is 0 Å². The number of hydrogen-bond donors (Lipinski definition) is 0. The predicted molar refractivity (Wildman–Crippen MR) is 82.2 cm³/mol. The van der Waals surface area contributed by atoms with E-state index in [1.54, 1.807) is 18.2 Å². The zero-order valence-electron chi connectivity index (χ0n) is 11.5. The van der Waals surface area contributed by atoms with Crippen molar-refractivity contribution in [2.45, 2.75) is 0 Å². The molecular weight excluding hydrogens is 268 g/mol. The van der Waals surface area contributed by atoms with Crippen molar-refractivity contribution in [3.05, 3.63) is 87.1 Å². The van der Waals surface area contributed by atoms with E-state index in [1.807, 2.05) is 36.4 Å². The SMILES string of the molecule is C/[N+]([O-])=C(/C=C/c1ccccc1)c1ccc([N+](=O)[O-])cc1. The van der Waals surface area contributed by atoms with E-state index in [9.17, 15) is 15.3 Å². The summed E-state index contributed by atoms with van der Waals surface area (Å²) in [6.07, 6.45) is 3.52. The maximum atomic E-state index is 11.7. The second-order valence-electron chi connectivity index (χ2n) is 4.43. The minimum Gasteiger partial charge on any atom is -0.624 e. The topological polar surface area (TPSA) is 69.2 Å². The van der Waals surface area contributed by atoms with Gasteiger partial charge in [-0.15, -0.1) is 0 Å². The van der Waals surface area contributed by atoms with Crippen molar-refractivity contribution in [1.29, 1.82) is 0 Å². The number of benzene rings is 2. The number of hydroxylamine groups is 1. The summed E-state index contributed by atoms with van der Waals surface area (Å²) < 4.78 is 0.737. The van der Waals surface area contributed by atoms with E-state index in [0.717, 1.165) is 10.3 Å². The van der Waals surface area contributed by atoms with E-state index >= 15 is 0 Å². The first-order valence-corrected chi connectivity index (χ1v) is 6.33. The molecule has 0 saturated carbocycles. The van der Waals surface area contributed by atoms with Crippen molar-refractivity contribution in [3.8, 4) is 0 Å². The van der Waals surface area contributed by atoms with E-state index < -0.39 is 4.92 Å². The van der Waals surface area contributed by atoms with E-state index in [0.29, 0.717) is 11.3 Å². The van der Waals surface area contributed by atoms with Gasteiger partial charge < -0.3 is 5.21 Å². The Kier molecular flexibility index (Phi) is 4.46. The highest BCUT2D eigenvalue weighted by atomic mass is 16.6. The first-order chi connectivity index (χ1) is 10.1. The molecule has 5 heteroatoms. The fourth-order valence-electron chi connectivity index (χ4n) is 1.88. The van der Waals surface area contributed by atoms with Crippen LogP contribution in [0.4, 0.5) is 5.69 Å². The predicted octanol–water partition coefficient (Wildman–Crippen LogP) is 3.24. The number of rotatable bonds is 4. The highest BCUT2D eigenvalue weighted by Crippen LogP contribution is 2.13. The van der Waals surface area contributed by atoms with Gasteiger partial charge >= 0.3 is 0 Å². The van der Waals surface area contributed by atoms with Gasteiger partial charge in [-0.05, 0) is 23.8 Å². The summed E-state index contributed by atoms with van der Waals surface area (Å²) in [5, 5.41) is 22.3. The lowest BCUT2D eigenvalue weighted by atomic mass is 10.1. The molecule has 0 N–H and O–H groups in total. The summed E-state index contributed by atoms with van der Waals surface area (Å²) in [5.74, 6) is 0. The Morgan fingerprint density at radius 3 is 2.14 bits per heavy atom. The smallest absolute Gasteiger partial charge is 0.269 e. The minimum absolute atomic E-state index is 0.00121. The maximum absolute atomic E-state index is 11.7. The van der Waals surface area contributed by atoms with Crippen LogP contribution in [0.2, 0.25) is 0 Å². The van der Waals surface area contributed by atoms with Crippen molar-refractivity contribution in [1.82, 2.24) is 0 Å². The highest BCUT2D eigenvalue weighted by Gasteiger charge is 2.10. The highest BCUT2D eigenvalue weighted by molar-refractivity contribution is 6.07. The number of non-ortho nitro benzene ring substituents is 1. The van der Waals surface area contributed by atoms with Gasteiger partial charge in [-0.2, -0.15) is 0 Å². The average molecular weight is 282 g/mol. The monoisotopic (exact) mass is 282 g/mol. The zero-order valence-corrected chi connectivity index (χ0v) is 11.5. The summed E-state index contributed by atoms with van der Waals surface area (Å²) in [6.45, 7) is 0. The van der Waals surface area contributed by atoms with E-state index in [1.165, 1.54) is 19.2 Å². The van der Waals surface area contributed by atoms with E-state index in [2.05, 4.69) is 0 Å². The normalized spacial score (nSPS) is 12.2. The molecule has 0 amide bonds. The molecule has 2 rings (SSSR count). The molecule has 0 heterocycles. The van der Waals surface area contributed by atoms with Crippen LogP contribution in [0.25, 0.3) is 6.08 Å². The van der Waals surface area contributed by atoms with Crippen molar-refractivity contribution < 1.29 is 9.66 Å². The molecule has 0 aliphatic carbocycles. The number of nitrogens with zero attached hydrogens (tertiary/aromatic N) is 2. The molecule has 106 valence electrons. The van der Waals surface area contributed by atoms with Crippen LogP contribution in [-0.2, 0) is 0 Å². The first kappa shape index (κ1) is 14.5. The number of allylic oxidation sites excluding steroid dienone is 1. The van der Waals surface area contributed by atoms with Gasteiger partial charge in [0.25, 0.3) is 5.69 Å². The molecule has 0 aliphatic rings. The van der Waals surface area contributed by atoms with Crippen LogP contribution in [-0.4, -0.2) is 22.4 Å². The Morgan fingerprint density at radius 2 is 1.62 bits per heavy atom. The zero-order chi connectivity index (χ0) is 15.2. The summed E-state index contributed by atoms with van der Waals surface area (Å²) in [7, 11) is 1.39. The molecule has 0 bridgehead atoms. The molecule has 0 saturated heterocycles. The lowest BCUT2D eigenvalue weighted by Gasteiger charge is -2.04. The third-order valence-electron chi connectivity index (χ3n) is 2.95. The summed E-state index contributed by atoms with van der Waals surface area (Å²) >= 11 is 0. The third kappa shape index (κ3) is 3.76. The van der Waals surface area contributed by atoms with Gasteiger partial charge in [-0.1, -0.05) is 30.3 Å². The Hall–Kier alpha value is -2.95. The molecule has 5 nitrogen and oxygen atoms in total. The fraction of sp³-hybridized carbons (Fsp3) is 0.0625. The van der Waals surface area contributed by atoms with Gasteiger partial charge in [0.1, 0.15) is 7.05 Å². The van der Waals surface area contributed by atoms with Crippen molar-refractivity contribution in [2.24, 2.45) is 0 Å². The molecule has 0 radical (unpaired) electrons. The molecule has 21 heavy (non-hydrogen) atoms. The molecule has 0 aromatic heterocycles. The Labute approximate surface area is 122 Å². The van der Waals surface area contributed by atoms with Crippen molar-refractivity contribution >= 4 is 17.5 Å². The number of nitro benzene ring substituents is 1. The molecule has 0 atom stereocenters. The van der Waals surface area contributed by atoms with Crippen LogP contribution in [0.5, 0.6) is 0 Å². The van der Waals surface area contributed by atoms with Gasteiger partial charge in [-0.25, -0.2) is 4.74 Å². The Bertz CT molecular complexity index is 685. The van der Waals surface area contributed by atoms with Crippen LogP contribution in [0, 0.1) is 15.3 Å². The first-order valence-electron chi connectivity index (χ1n) is 6.33. The summed E-state index contributed by atoms with van der Waals surface area (Å²) in [4.78, 5) is 10.2. The quantitative estimate of drug-likeness (QED) is 0.284. The second kappa shape index (κ2) is 6.47. The van der Waals surface area contributed by atoms with Gasteiger partial charge in [0.15, 0.2) is 0 Å². The van der Waals surface area contributed by atoms with Crippen LogP contribution in [0.3, 0.4) is 0 Å². The summed E-state index contributed by atoms with van der Waals surface area (Å²) in [6, 6.07) is 15.5.